The summed E-state index contributed by atoms with van der Waals surface area (Å²) in [5.41, 5.74) is -0.261. The van der Waals surface area contributed by atoms with Crippen molar-refractivity contribution in [2.24, 2.45) is 0 Å². The number of aliphatic carboxylic acids is 1. The fourth-order valence-corrected chi connectivity index (χ4v) is 1.88. The van der Waals surface area contributed by atoms with Crippen molar-refractivity contribution < 1.29 is 24.2 Å². The number of alkyl carbamates (subject to hydrolysis) is 1. The van der Waals surface area contributed by atoms with Crippen LogP contribution in [0.15, 0.2) is 42.7 Å². The molecule has 25 heavy (non-hydrogen) atoms. The quantitative estimate of drug-likeness (QED) is 0.708. The minimum absolute atomic E-state index is 0.199. The van der Waals surface area contributed by atoms with Crippen LogP contribution in [-0.4, -0.2) is 40.1 Å². The Kier molecular flexibility index (Phi) is 5.99. The van der Waals surface area contributed by atoms with Crippen LogP contribution in [0.5, 0.6) is 5.75 Å². The summed E-state index contributed by atoms with van der Waals surface area (Å²) in [7, 11) is 0. The topological polar surface area (TPSA) is 103 Å². The number of carbonyl (C=O) groups excluding carboxylic acids is 1. The molecule has 8 heteroatoms. The first-order chi connectivity index (χ1) is 11.9. The molecule has 0 aliphatic carbocycles. The maximum absolute atomic E-state index is 11.6. The minimum atomic E-state index is -1.17. The predicted molar refractivity (Wildman–Crippen MR) is 89.3 cm³/mol. The largest absolute Gasteiger partial charge is 0.488 e. The van der Waals surface area contributed by atoms with Gasteiger partial charge in [-0.2, -0.15) is 5.10 Å². The first kappa shape index (κ1) is 18.3. The van der Waals surface area contributed by atoms with E-state index in [1.807, 2.05) is 30.3 Å². The molecule has 2 aromatic rings. The number of carbonyl (C=O) groups is 2. The Morgan fingerprint density at radius 1 is 1.28 bits per heavy atom. The first-order valence-corrected chi connectivity index (χ1v) is 7.75. The zero-order valence-electron chi connectivity index (χ0n) is 14.1. The van der Waals surface area contributed by atoms with E-state index < -0.39 is 17.6 Å². The van der Waals surface area contributed by atoms with Crippen LogP contribution in [0, 0.1) is 0 Å². The second kappa shape index (κ2) is 8.18. The number of ether oxygens (including phenoxy) is 2. The van der Waals surface area contributed by atoms with Crippen molar-refractivity contribution >= 4 is 12.1 Å². The first-order valence-electron chi connectivity index (χ1n) is 7.75. The van der Waals surface area contributed by atoms with Crippen LogP contribution >= 0.6 is 0 Å². The highest BCUT2D eigenvalue weighted by molar-refractivity contribution is 5.75. The van der Waals surface area contributed by atoms with Crippen molar-refractivity contribution in [2.45, 2.75) is 26.0 Å². The van der Waals surface area contributed by atoms with Crippen molar-refractivity contribution in [3.8, 4) is 5.75 Å². The molecule has 0 saturated carbocycles. The second-order valence-electron chi connectivity index (χ2n) is 5.82. The van der Waals surface area contributed by atoms with Crippen LogP contribution in [0.3, 0.4) is 0 Å². The molecule has 1 aromatic carbocycles. The standard InChI is InChI=1S/C17H21N3O5/c1-17(2,15(21)22)20-11-14(10-19-20)24-9-8-18-16(23)25-12-13-6-4-3-5-7-13/h3-7,10-11H,8-9,12H2,1-2H3,(H,18,23)(H,21,22). The molecular weight excluding hydrogens is 326 g/mol. The normalized spacial score (nSPS) is 11.0. The van der Waals surface area contributed by atoms with E-state index in [2.05, 4.69) is 10.4 Å². The summed E-state index contributed by atoms with van der Waals surface area (Å²) in [4.78, 5) is 22.7. The molecule has 0 unspecified atom stereocenters. The highest BCUT2D eigenvalue weighted by Crippen LogP contribution is 2.18. The van der Waals surface area contributed by atoms with Crippen molar-refractivity contribution in [1.29, 1.82) is 0 Å². The van der Waals surface area contributed by atoms with Crippen molar-refractivity contribution in [3.05, 3.63) is 48.3 Å². The Morgan fingerprint density at radius 2 is 2.00 bits per heavy atom. The maximum Gasteiger partial charge on any atom is 0.407 e. The van der Waals surface area contributed by atoms with E-state index in [0.717, 1.165) is 5.56 Å². The van der Waals surface area contributed by atoms with Crippen molar-refractivity contribution in [3.63, 3.8) is 0 Å². The van der Waals surface area contributed by atoms with Gasteiger partial charge in [0, 0.05) is 0 Å². The van der Waals surface area contributed by atoms with E-state index in [-0.39, 0.29) is 19.8 Å². The molecule has 0 radical (unpaired) electrons. The Balaban J connectivity index is 1.68. The van der Waals surface area contributed by atoms with Gasteiger partial charge in [0.15, 0.2) is 11.3 Å². The molecule has 0 aliphatic rings. The van der Waals surface area contributed by atoms with Gasteiger partial charge >= 0.3 is 12.1 Å². The summed E-state index contributed by atoms with van der Waals surface area (Å²) in [6.07, 6.45) is 2.40. The molecule has 0 atom stereocenters. The van der Waals surface area contributed by atoms with Gasteiger partial charge in [-0.05, 0) is 19.4 Å². The molecule has 0 saturated heterocycles. The van der Waals surface area contributed by atoms with E-state index in [1.165, 1.54) is 30.9 Å². The molecule has 134 valence electrons. The van der Waals surface area contributed by atoms with E-state index >= 15 is 0 Å². The average molecular weight is 347 g/mol. The van der Waals surface area contributed by atoms with Gasteiger partial charge in [-0.1, -0.05) is 30.3 Å². The SMILES string of the molecule is CC(C)(C(=O)O)n1cc(OCCNC(=O)OCc2ccccc2)cn1. The molecule has 8 nitrogen and oxygen atoms in total. The number of benzene rings is 1. The monoisotopic (exact) mass is 347 g/mol. The number of hydrogen-bond acceptors (Lipinski definition) is 5. The lowest BCUT2D eigenvalue weighted by Gasteiger charge is -2.19. The van der Waals surface area contributed by atoms with Crippen LogP contribution in [0.2, 0.25) is 0 Å². The summed E-state index contributed by atoms with van der Waals surface area (Å²) in [6, 6.07) is 9.37. The van der Waals surface area contributed by atoms with Gasteiger partial charge < -0.3 is 19.9 Å². The van der Waals surface area contributed by atoms with Gasteiger partial charge in [0.05, 0.1) is 18.9 Å². The number of rotatable bonds is 8. The number of aromatic nitrogens is 2. The molecule has 1 amide bonds. The molecule has 2 rings (SSSR count). The molecule has 0 spiro atoms. The predicted octanol–water partition coefficient (Wildman–Crippen LogP) is 2.01. The summed E-state index contributed by atoms with van der Waals surface area (Å²) in [5.74, 6) is -0.571. The maximum atomic E-state index is 11.6. The number of carboxylic acids is 1. The third kappa shape index (κ3) is 5.23. The number of nitrogens with zero attached hydrogens (tertiary/aromatic N) is 2. The lowest BCUT2D eigenvalue weighted by molar-refractivity contribution is -0.146. The molecule has 0 bridgehead atoms. The Hall–Kier alpha value is -3.03. The summed E-state index contributed by atoms with van der Waals surface area (Å²) in [6.45, 7) is 3.73. The number of amides is 1. The van der Waals surface area contributed by atoms with Gasteiger partial charge in [-0.3, -0.25) is 4.68 Å². The van der Waals surface area contributed by atoms with Crippen LogP contribution in [0.4, 0.5) is 4.79 Å². The number of hydrogen-bond donors (Lipinski definition) is 2. The van der Waals surface area contributed by atoms with Gasteiger partial charge in [0.2, 0.25) is 0 Å². The van der Waals surface area contributed by atoms with E-state index in [4.69, 9.17) is 14.6 Å². The summed E-state index contributed by atoms with van der Waals surface area (Å²) >= 11 is 0. The smallest absolute Gasteiger partial charge is 0.407 e. The van der Waals surface area contributed by atoms with Crippen LogP contribution in [0.1, 0.15) is 19.4 Å². The van der Waals surface area contributed by atoms with Gasteiger partial charge in [-0.15, -0.1) is 0 Å². The molecule has 1 heterocycles. The average Bonchev–Trinajstić information content (AvgIpc) is 3.07. The Labute approximate surface area is 145 Å². The van der Waals surface area contributed by atoms with Gasteiger partial charge in [-0.25, -0.2) is 9.59 Å². The third-order valence-electron chi connectivity index (χ3n) is 3.51. The number of nitrogens with one attached hydrogen (secondary N) is 1. The molecular formula is C17H21N3O5. The molecule has 0 aliphatic heterocycles. The van der Waals surface area contributed by atoms with Crippen LogP contribution in [-0.2, 0) is 21.7 Å². The van der Waals surface area contributed by atoms with E-state index in [1.54, 1.807) is 0 Å². The Morgan fingerprint density at radius 3 is 2.68 bits per heavy atom. The van der Waals surface area contributed by atoms with E-state index in [9.17, 15) is 9.59 Å². The lowest BCUT2D eigenvalue weighted by atomic mass is 10.1. The van der Waals surface area contributed by atoms with Crippen molar-refractivity contribution in [2.75, 3.05) is 13.2 Å². The number of carboxylic acid groups (broad SMARTS) is 1. The summed E-state index contributed by atoms with van der Waals surface area (Å²) < 4.78 is 11.8. The van der Waals surface area contributed by atoms with E-state index in [0.29, 0.717) is 5.75 Å². The molecule has 1 aromatic heterocycles. The Bertz CT molecular complexity index is 712. The zero-order chi connectivity index (χ0) is 18.3. The fourth-order valence-electron chi connectivity index (χ4n) is 1.88. The van der Waals surface area contributed by atoms with Crippen molar-refractivity contribution in [1.82, 2.24) is 15.1 Å². The lowest BCUT2D eigenvalue weighted by Crippen LogP contribution is -2.35. The van der Waals surface area contributed by atoms with Crippen LogP contribution in [0.25, 0.3) is 0 Å². The minimum Gasteiger partial charge on any atom is -0.488 e. The molecule has 2 N–H and O–H groups in total. The van der Waals surface area contributed by atoms with Gasteiger partial charge in [0.1, 0.15) is 13.2 Å². The van der Waals surface area contributed by atoms with Gasteiger partial charge in [0.25, 0.3) is 0 Å². The third-order valence-corrected chi connectivity index (χ3v) is 3.51. The highest BCUT2D eigenvalue weighted by Gasteiger charge is 2.30. The second-order valence-corrected chi connectivity index (χ2v) is 5.82. The summed E-state index contributed by atoms with van der Waals surface area (Å²) in [5, 5.41) is 15.7. The molecule has 0 fully saturated rings. The van der Waals surface area contributed by atoms with Crippen LogP contribution < -0.4 is 10.1 Å². The zero-order valence-corrected chi connectivity index (χ0v) is 14.1. The fraction of sp³-hybridized carbons (Fsp3) is 0.353. The highest BCUT2D eigenvalue weighted by atomic mass is 16.5.